The van der Waals surface area contributed by atoms with Crippen molar-refractivity contribution >= 4 is 5.91 Å². The number of hydrogen-bond acceptors (Lipinski definition) is 13. The zero-order chi connectivity index (χ0) is 61.6. The molecule has 0 aliphatic carbocycles. The average molecular weight is 1210 g/mol. The van der Waals surface area contributed by atoms with Crippen LogP contribution in [-0.4, -0.2) is 140 Å². The minimum Gasteiger partial charge on any atom is -0.394 e. The van der Waals surface area contributed by atoms with Gasteiger partial charge in [0.1, 0.15) is 48.8 Å². The van der Waals surface area contributed by atoms with E-state index in [1.165, 1.54) is 238 Å². The summed E-state index contributed by atoms with van der Waals surface area (Å²) < 4.78 is 22.8. The molecule has 12 unspecified atom stereocenters. The van der Waals surface area contributed by atoms with Crippen LogP contribution in [0.1, 0.15) is 316 Å². The van der Waals surface area contributed by atoms with Gasteiger partial charge in [0.15, 0.2) is 12.6 Å². The van der Waals surface area contributed by atoms with E-state index in [-0.39, 0.29) is 18.9 Å². The first-order chi connectivity index (χ1) is 41.6. The fourth-order valence-electron chi connectivity index (χ4n) is 11.9. The Labute approximate surface area is 519 Å². The van der Waals surface area contributed by atoms with Crippen LogP contribution < -0.4 is 5.32 Å². The highest BCUT2D eigenvalue weighted by Crippen LogP contribution is 2.30. The maximum absolute atomic E-state index is 13.3. The highest BCUT2D eigenvalue weighted by atomic mass is 16.7. The number of nitrogens with one attached hydrogen (secondary N) is 1. The Balaban J connectivity index is 1.70. The third-order valence-corrected chi connectivity index (χ3v) is 17.6. The molecule has 2 heterocycles. The van der Waals surface area contributed by atoms with Crippen molar-refractivity contribution in [2.75, 3.05) is 19.8 Å². The molecule has 14 heteroatoms. The molecule has 12 atom stereocenters. The number of rotatable bonds is 59. The number of carbonyl (C=O) groups is 1. The van der Waals surface area contributed by atoms with Gasteiger partial charge >= 0.3 is 0 Å². The number of hydrogen-bond donors (Lipinski definition) is 9. The molecule has 0 aromatic heterocycles. The summed E-state index contributed by atoms with van der Waals surface area (Å²) in [5.74, 6) is -0.247. The van der Waals surface area contributed by atoms with Crippen LogP contribution in [-0.2, 0) is 23.7 Å². The summed E-state index contributed by atoms with van der Waals surface area (Å²) in [4.78, 5) is 13.3. The molecule has 0 aromatic carbocycles. The van der Waals surface area contributed by atoms with E-state index in [0.29, 0.717) is 12.8 Å². The van der Waals surface area contributed by atoms with Crippen molar-refractivity contribution in [2.45, 2.75) is 389 Å². The number of aliphatic hydroxyl groups excluding tert-OH is 8. The summed E-state index contributed by atoms with van der Waals surface area (Å²) in [7, 11) is 0. The molecule has 0 bridgehead atoms. The molecule has 0 spiro atoms. The van der Waals surface area contributed by atoms with Gasteiger partial charge < -0.3 is 65.1 Å². The van der Waals surface area contributed by atoms with Gasteiger partial charge in [-0.3, -0.25) is 4.79 Å². The van der Waals surface area contributed by atoms with Gasteiger partial charge in [-0.15, -0.1) is 0 Å². The standard InChI is InChI=1S/C71H133NO13/c1-3-5-7-9-11-13-15-17-19-21-23-25-27-28-29-30-31-32-33-34-36-38-40-42-44-46-48-50-52-54-60(75)59(58-82-70-68(81)66(79)69(62(57-74)84-70)85-71-67(80)65(78)64(77)61(56-73)83-71)72-63(76)55-53-51-49-47-45-43-41-39-37-35-26-24-22-20-18-16-14-12-10-8-6-4-2/h36,38,44,46,52,54,59-62,64-71,73-75,77-81H,3-35,37,39-43,45,47-51,53,55-58H2,1-2H3,(H,72,76)/b38-36+,46-44+,54-52+. The topological polar surface area (TPSA) is 228 Å². The fraction of sp³-hybridized carbons (Fsp3) is 0.901. The van der Waals surface area contributed by atoms with Crippen LogP contribution in [0.2, 0.25) is 0 Å². The van der Waals surface area contributed by atoms with E-state index >= 15 is 0 Å². The van der Waals surface area contributed by atoms with Gasteiger partial charge in [0.05, 0.1) is 32.0 Å². The molecular formula is C71H133NO13. The second-order valence-corrected chi connectivity index (χ2v) is 25.4. The van der Waals surface area contributed by atoms with Gasteiger partial charge in [0.2, 0.25) is 5.91 Å². The Morgan fingerprint density at radius 2 is 0.753 bits per heavy atom. The van der Waals surface area contributed by atoms with Crippen LogP contribution >= 0.6 is 0 Å². The molecule has 0 saturated carbocycles. The molecule has 2 fully saturated rings. The van der Waals surface area contributed by atoms with Crippen LogP contribution in [0.25, 0.3) is 0 Å². The molecule has 9 N–H and O–H groups in total. The van der Waals surface area contributed by atoms with Crippen molar-refractivity contribution in [1.29, 1.82) is 0 Å². The molecule has 500 valence electrons. The monoisotopic (exact) mass is 1210 g/mol. The van der Waals surface area contributed by atoms with Gasteiger partial charge in [0.25, 0.3) is 0 Å². The predicted octanol–water partition coefficient (Wildman–Crippen LogP) is 14.5. The van der Waals surface area contributed by atoms with Crippen LogP contribution in [0.15, 0.2) is 36.5 Å². The van der Waals surface area contributed by atoms with E-state index < -0.39 is 86.8 Å². The first-order valence-corrected chi connectivity index (χ1v) is 35.7. The Morgan fingerprint density at radius 1 is 0.412 bits per heavy atom. The van der Waals surface area contributed by atoms with Crippen LogP contribution in [0.5, 0.6) is 0 Å². The molecular weight excluding hydrogens is 1070 g/mol. The second-order valence-electron chi connectivity index (χ2n) is 25.4. The number of ether oxygens (including phenoxy) is 4. The molecule has 2 aliphatic rings. The number of carbonyl (C=O) groups excluding carboxylic acids is 1. The minimum atomic E-state index is -1.79. The van der Waals surface area contributed by atoms with Gasteiger partial charge in [-0.2, -0.15) is 0 Å². The zero-order valence-corrected chi connectivity index (χ0v) is 54.4. The summed E-state index contributed by atoms with van der Waals surface area (Å²) in [6, 6.07) is -0.937. The number of aliphatic hydroxyl groups is 8. The second kappa shape index (κ2) is 56.2. The van der Waals surface area contributed by atoms with Crippen LogP contribution in [0, 0.1) is 0 Å². The molecule has 2 saturated heterocycles. The Bertz CT molecular complexity index is 1560. The van der Waals surface area contributed by atoms with Crippen molar-refractivity contribution in [3.63, 3.8) is 0 Å². The lowest BCUT2D eigenvalue weighted by molar-refractivity contribution is -0.359. The molecule has 0 aromatic rings. The molecule has 14 nitrogen and oxygen atoms in total. The normalized spacial score (nSPS) is 23.7. The van der Waals surface area contributed by atoms with E-state index in [0.717, 1.165) is 44.9 Å². The number of allylic oxidation sites excluding steroid dienone is 5. The van der Waals surface area contributed by atoms with Crippen molar-refractivity contribution in [3.8, 4) is 0 Å². The Kier molecular flexibility index (Phi) is 52.4. The van der Waals surface area contributed by atoms with E-state index in [1.807, 2.05) is 6.08 Å². The van der Waals surface area contributed by atoms with Crippen LogP contribution in [0.3, 0.4) is 0 Å². The summed E-state index contributed by atoms with van der Waals surface area (Å²) in [5.41, 5.74) is 0. The zero-order valence-electron chi connectivity index (χ0n) is 54.4. The molecule has 2 aliphatic heterocycles. The fourth-order valence-corrected chi connectivity index (χ4v) is 11.9. The van der Waals surface area contributed by atoms with E-state index in [2.05, 4.69) is 43.5 Å². The lowest BCUT2D eigenvalue weighted by Gasteiger charge is -2.46. The predicted molar refractivity (Wildman–Crippen MR) is 346 cm³/mol. The third-order valence-electron chi connectivity index (χ3n) is 17.6. The van der Waals surface area contributed by atoms with E-state index in [1.54, 1.807) is 6.08 Å². The summed E-state index contributed by atoms with van der Waals surface area (Å²) in [5, 5.41) is 87.4. The SMILES string of the molecule is CCCCCCCCCCCCCCCCCCCCC/C=C/CC/C=C/CC/C=C/C(O)C(COC1OC(CO)C(OC2OC(CO)C(O)C(O)C2O)C(O)C1O)NC(=O)CCCCCCCCCCCCCCCCCCCCCCCC. The lowest BCUT2D eigenvalue weighted by Crippen LogP contribution is -2.65. The number of unbranched alkanes of at least 4 members (excludes halogenated alkanes) is 42. The largest absolute Gasteiger partial charge is 0.394 e. The van der Waals surface area contributed by atoms with Gasteiger partial charge in [0, 0.05) is 6.42 Å². The Hall–Kier alpha value is -1.79. The first kappa shape index (κ1) is 79.3. The lowest BCUT2D eigenvalue weighted by atomic mass is 9.97. The minimum absolute atomic E-state index is 0.247. The number of amides is 1. The van der Waals surface area contributed by atoms with Crippen molar-refractivity contribution in [3.05, 3.63) is 36.5 Å². The van der Waals surface area contributed by atoms with Crippen molar-refractivity contribution in [2.24, 2.45) is 0 Å². The summed E-state index contributed by atoms with van der Waals surface area (Å²) >= 11 is 0. The highest BCUT2D eigenvalue weighted by molar-refractivity contribution is 5.76. The van der Waals surface area contributed by atoms with Gasteiger partial charge in [-0.25, -0.2) is 0 Å². The molecule has 2 rings (SSSR count). The van der Waals surface area contributed by atoms with Crippen molar-refractivity contribution < 1.29 is 64.6 Å². The van der Waals surface area contributed by atoms with Gasteiger partial charge in [-0.05, 0) is 44.9 Å². The third kappa shape index (κ3) is 40.5. The highest BCUT2D eigenvalue weighted by Gasteiger charge is 2.51. The van der Waals surface area contributed by atoms with Gasteiger partial charge in [-0.1, -0.05) is 301 Å². The molecule has 85 heavy (non-hydrogen) atoms. The summed E-state index contributed by atoms with van der Waals surface area (Å²) in [6.45, 7) is 2.83. The molecule has 0 radical (unpaired) electrons. The van der Waals surface area contributed by atoms with E-state index in [9.17, 15) is 45.6 Å². The molecule has 1 amide bonds. The maximum Gasteiger partial charge on any atom is 0.220 e. The first-order valence-electron chi connectivity index (χ1n) is 35.7. The smallest absolute Gasteiger partial charge is 0.220 e. The summed E-state index contributed by atoms with van der Waals surface area (Å²) in [6.07, 6.45) is 55.0. The Morgan fingerprint density at radius 3 is 1.15 bits per heavy atom. The van der Waals surface area contributed by atoms with Crippen molar-refractivity contribution in [1.82, 2.24) is 5.32 Å². The maximum atomic E-state index is 13.3. The quantitative estimate of drug-likeness (QED) is 0.0204. The van der Waals surface area contributed by atoms with Crippen LogP contribution in [0.4, 0.5) is 0 Å². The average Bonchev–Trinajstić information content (AvgIpc) is 3.67. The van der Waals surface area contributed by atoms with E-state index in [4.69, 9.17) is 18.9 Å².